The van der Waals surface area contributed by atoms with Gasteiger partial charge in [0.05, 0.1) is 0 Å². The highest BCUT2D eigenvalue weighted by atomic mass is 15.0. The molecule has 0 aliphatic heterocycles. The average Bonchev–Trinajstić information content (AvgIpc) is 2.39. The lowest BCUT2D eigenvalue weighted by atomic mass is 9.82. The minimum atomic E-state index is 0.568. The summed E-state index contributed by atoms with van der Waals surface area (Å²) in [5, 5.41) is 3.35. The second-order valence-electron chi connectivity index (χ2n) is 5.85. The molecule has 1 heterocycles. The highest BCUT2D eigenvalue weighted by molar-refractivity contribution is 5.36. The molecular formula is C16H27N3. The minimum absolute atomic E-state index is 0.568. The van der Waals surface area contributed by atoms with Crippen LogP contribution in [0, 0.1) is 5.92 Å². The van der Waals surface area contributed by atoms with Crippen LogP contribution in [0.15, 0.2) is 6.07 Å². The Labute approximate surface area is 117 Å². The van der Waals surface area contributed by atoms with Crippen molar-refractivity contribution in [3.05, 3.63) is 17.6 Å². The summed E-state index contributed by atoms with van der Waals surface area (Å²) < 4.78 is 0. The Morgan fingerprint density at radius 2 is 2.11 bits per heavy atom. The SMILES string of the molecule is CCCc1cc(NCC)nc(C2CCCC(C)C2)n1. The third kappa shape index (κ3) is 3.92. The Bertz CT molecular complexity index is 379. The predicted molar refractivity (Wildman–Crippen MR) is 80.6 cm³/mol. The maximum Gasteiger partial charge on any atom is 0.134 e. The number of nitrogens with zero attached hydrogens (tertiary/aromatic N) is 2. The fourth-order valence-electron chi connectivity index (χ4n) is 3.03. The highest BCUT2D eigenvalue weighted by Crippen LogP contribution is 2.34. The second kappa shape index (κ2) is 6.88. The molecule has 1 aliphatic rings. The highest BCUT2D eigenvalue weighted by Gasteiger charge is 2.23. The van der Waals surface area contributed by atoms with Gasteiger partial charge in [0.1, 0.15) is 11.6 Å². The molecular weight excluding hydrogens is 234 g/mol. The van der Waals surface area contributed by atoms with Crippen molar-refractivity contribution in [2.75, 3.05) is 11.9 Å². The first-order valence-corrected chi connectivity index (χ1v) is 7.84. The molecule has 3 nitrogen and oxygen atoms in total. The zero-order valence-corrected chi connectivity index (χ0v) is 12.6. The number of hydrogen-bond donors (Lipinski definition) is 1. The van der Waals surface area contributed by atoms with Gasteiger partial charge < -0.3 is 5.32 Å². The zero-order valence-electron chi connectivity index (χ0n) is 12.6. The predicted octanol–water partition coefficient (Wildman–Crippen LogP) is 4.15. The third-order valence-electron chi connectivity index (χ3n) is 3.96. The van der Waals surface area contributed by atoms with E-state index in [1.807, 2.05) is 0 Å². The molecule has 1 aliphatic carbocycles. The Balaban J connectivity index is 2.21. The molecule has 0 amide bonds. The summed E-state index contributed by atoms with van der Waals surface area (Å²) in [6.45, 7) is 7.59. The van der Waals surface area contributed by atoms with Gasteiger partial charge in [0, 0.05) is 24.2 Å². The first-order chi connectivity index (χ1) is 9.22. The molecule has 106 valence electrons. The molecule has 19 heavy (non-hydrogen) atoms. The molecule has 0 spiro atoms. The van der Waals surface area contributed by atoms with Crippen molar-refractivity contribution in [3.63, 3.8) is 0 Å². The Kier molecular flexibility index (Phi) is 5.17. The molecule has 0 radical (unpaired) electrons. The van der Waals surface area contributed by atoms with Gasteiger partial charge in [-0.3, -0.25) is 0 Å². The molecule has 2 atom stereocenters. The number of rotatable bonds is 5. The van der Waals surface area contributed by atoms with E-state index < -0.39 is 0 Å². The quantitative estimate of drug-likeness (QED) is 0.865. The standard InChI is InChI=1S/C16H27N3/c1-4-7-14-11-15(17-5-2)19-16(18-14)13-9-6-8-12(3)10-13/h11-13H,4-10H2,1-3H3,(H,17,18,19). The van der Waals surface area contributed by atoms with Gasteiger partial charge in [0.15, 0.2) is 0 Å². The Morgan fingerprint density at radius 3 is 2.79 bits per heavy atom. The molecule has 0 bridgehead atoms. The van der Waals surface area contributed by atoms with Crippen molar-refractivity contribution in [2.24, 2.45) is 5.92 Å². The summed E-state index contributed by atoms with van der Waals surface area (Å²) in [6, 6.07) is 2.11. The molecule has 2 unspecified atom stereocenters. The van der Waals surface area contributed by atoms with Crippen LogP contribution in [0.1, 0.15) is 70.3 Å². The molecule has 0 saturated heterocycles. The van der Waals surface area contributed by atoms with E-state index in [2.05, 4.69) is 32.2 Å². The van der Waals surface area contributed by atoms with E-state index in [1.165, 1.54) is 31.4 Å². The van der Waals surface area contributed by atoms with E-state index in [4.69, 9.17) is 9.97 Å². The Hall–Kier alpha value is -1.12. The topological polar surface area (TPSA) is 37.8 Å². The third-order valence-corrected chi connectivity index (χ3v) is 3.96. The van der Waals surface area contributed by atoms with Crippen molar-refractivity contribution in [2.45, 2.75) is 65.2 Å². The summed E-state index contributed by atoms with van der Waals surface area (Å²) in [4.78, 5) is 9.55. The molecule has 2 rings (SSSR count). The molecule has 1 aromatic rings. The largest absolute Gasteiger partial charge is 0.370 e. The number of hydrogen-bond acceptors (Lipinski definition) is 3. The van der Waals surface area contributed by atoms with Gasteiger partial charge in [-0.2, -0.15) is 0 Å². The second-order valence-corrected chi connectivity index (χ2v) is 5.85. The van der Waals surface area contributed by atoms with Gasteiger partial charge in [-0.15, -0.1) is 0 Å². The van der Waals surface area contributed by atoms with Crippen LogP contribution in [-0.4, -0.2) is 16.5 Å². The first kappa shape index (κ1) is 14.3. The maximum absolute atomic E-state index is 4.81. The Morgan fingerprint density at radius 1 is 1.26 bits per heavy atom. The van der Waals surface area contributed by atoms with E-state index in [9.17, 15) is 0 Å². The van der Waals surface area contributed by atoms with Gasteiger partial charge >= 0.3 is 0 Å². The molecule has 1 N–H and O–H groups in total. The van der Waals surface area contributed by atoms with Crippen LogP contribution < -0.4 is 5.32 Å². The lowest BCUT2D eigenvalue weighted by Crippen LogP contribution is -2.16. The van der Waals surface area contributed by atoms with E-state index >= 15 is 0 Å². The summed E-state index contributed by atoms with van der Waals surface area (Å²) in [6.07, 6.45) is 7.39. The van der Waals surface area contributed by atoms with Crippen molar-refractivity contribution >= 4 is 5.82 Å². The van der Waals surface area contributed by atoms with Crippen molar-refractivity contribution < 1.29 is 0 Å². The van der Waals surface area contributed by atoms with Crippen LogP contribution in [0.4, 0.5) is 5.82 Å². The smallest absolute Gasteiger partial charge is 0.134 e. The molecule has 1 saturated carbocycles. The van der Waals surface area contributed by atoms with E-state index in [0.29, 0.717) is 5.92 Å². The van der Waals surface area contributed by atoms with Gasteiger partial charge in [0.2, 0.25) is 0 Å². The van der Waals surface area contributed by atoms with Gasteiger partial charge in [-0.1, -0.05) is 33.1 Å². The van der Waals surface area contributed by atoms with Gasteiger partial charge in [0.25, 0.3) is 0 Å². The monoisotopic (exact) mass is 261 g/mol. The zero-order chi connectivity index (χ0) is 13.7. The number of aromatic nitrogens is 2. The number of nitrogens with one attached hydrogen (secondary N) is 1. The molecule has 3 heteroatoms. The average molecular weight is 261 g/mol. The van der Waals surface area contributed by atoms with Crippen molar-refractivity contribution in [1.29, 1.82) is 0 Å². The summed E-state index contributed by atoms with van der Waals surface area (Å²) in [5.74, 6) is 3.47. The molecule has 0 aromatic carbocycles. The lowest BCUT2D eigenvalue weighted by Gasteiger charge is -2.26. The summed E-state index contributed by atoms with van der Waals surface area (Å²) in [7, 11) is 0. The minimum Gasteiger partial charge on any atom is -0.370 e. The van der Waals surface area contributed by atoms with Crippen LogP contribution in [0.2, 0.25) is 0 Å². The van der Waals surface area contributed by atoms with Crippen molar-refractivity contribution in [1.82, 2.24) is 9.97 Å². The lowest BCUT2D eigenvalue weighted by molar-refractivity contribution is 0.335. The van der Waals surface area contributed by atoms with Gasteiger partial charge in [-0.05, 0) is 32.1 Å². The number of anilines is 1. The van der Waals surface area contributed by atoms with Crippen LogP contribution >= 0.6 is 0 Å². The van der Waals surface area contributed by atoms with Crippen LogP contribution in [-0.2, 0) is 6.42 Å². The molecule has 1 aromatic heterocycles. The van der Waals surface area contributed by atoms with Crippen LogP contribution in [0.25, 0.3) is 0 Å². The molecule has 1 fully saturated rings. The normalized spacial score (nSPS) is 23.3. The fraction of sp³-hybridized carbons (Fsp3) is 0.750. The fourth-order valence-corrected chi connectivity index (χ4v) is 3.03. The van der Waals surface area contributed by atoms with Crippen LogP contribution in [0.3, 0.4) is 0 Å². The van der Waals surface area contributed by atoms with E-state index in [0.717, 1.165) is 36.9 Å². The first-order valence-electron chi connectivity index (χ1n) is 7.84. The van der Waals surface area contributed by atoms with Crippen molar-refractivity contribution in [3.8, 4) is 0 Å². The number of aryl methyl sites for hydroxylation is 1. The van der Waals surface area contributed by atoms with Gasteiger partial charge in [-0.25, -0.2) is 9.97 Å². The summed E-state index contributed by atoms with van der Waals surface area (Å²) in [5.41, 5.74) is 1.20. The summed E-state index contributed by atoms with van der Waals surface area (Å²) >= 11 is 0. The van der Waals surface area contributed by atoms with Crippen LogP contribution in [0.5, 0.6) is 0 Å². The maximum atomic E-state index is 4.81. The van der Waals surface area contributed by atoms with E-state index in [-0.39, 0.29) is 0 Å². The van der Waals surface area contributed by atoms with E-state index in [1.54, 1.807) is 0 Å².